The Morgan fingerprint density at radius 1 is 1.31 bits per heavy atom. The highest BCUT2D eigenvalue weighted by atomic mass is 32.2. The maximum absolute atomic E-state index is 12.7. The highest BCUT2D eigenvalue weighted by molar-refractivity contribution is 7.89. The molecule has 1 amide bonds. The lowest BCUT2D eigenvalue weighted by Gasteiger charge is -2.27. The van der Waals surface area contributed by atoms with Gasteiger partial charge in [0.1, 0.15) is 0 Å². The number of aryl methyl sites for hydroxylation is 1. The van der Waals surface area contributed by atoms with Crippen LogP contribution in [0.5, 0.6) is 0 Å². The van der Waals surface area contributed by atoms with Crippen molar-refractivity contribution < 1.29 is 18.1 Å². The first-order chi connectivity index (χ1) is 12.3. The van der Waals surface area contributed by atoms with Gasteiger partial charge in [0.2, 0.25) is 10.0 Å². The number of benzene rings is 1. The molecule has 0 spiro atoms. The van der Waals surface area contributed by atoms with Crippen LogP contribution in [-0.2, 0) is 14.8 Å². The summed E-state index contributed by atoms with van der Waals surface area (Å²) in [5, 5.41) is 2.92. The van der Waals surface area contributed by atoms with Gasteiger partial charge in [0.25, 0.3) is 5.91 Å². The van der Waals surface area contributed by atoms with Crippen LogP contribution in [0.4, 0.5) is 5.69 Å². The monoisotopic (exact) mass is 382 g/mol. The molecular formula is C19H32N3O3S+. The number of hydrogen-bond donors (Lipinski definition) is 2. The van der Waals surface area contributed by atoms with Crippen molar-refractivity contribution in [3.8, 4) is 0 Å². The molecule has 2 N–H and O–H groups in total. The van der Waals surface area contributed by atoms with Crippen LogP contribution >= 0.6 is 0 Å². The van der Waals surface area contributed by atoms with Gasteiger partial charge in [0.05, 0.1) is 18.0 Å². The first-order valence-corrected chi connectivity index (χ1v) is 11.0. The number of sulfonamides is 1. The topological polar surface area (TPSA) is 70.9 Å². The number of piperidine rings is 1. The van der Waals surface area contributed by atoms with Crippen LogP contribution in [0.15, 0.2) is 23.1 Å². The van der Waals surface area contributed by atoms with Crippen LogP contribution in [0.25, 0.3) is 0 Å². The number of carbonyl (C=O) groups excluding carboxylic acids is 1. The molecule has 6 nitrogen and oxygen atoms in total. The van der Waals surface area contributed by atoms with E-state index in [1.54, 1.807) is 18.2 Å². The molecule has 1 unspecified atom stereocenters. The average molecular weight is 383 g/mol. The van der Waals surface area contributed by atoms with Crippen molar-refractivity contribution in [2.75, 3.05) is 38.0 Å². The predicted octanol–water partition coefficient (Wildman–Crippen LogP) is 1.28. The van der Waals surface area contributed by atoms with Crippen molar-refractivity contribution in [2.24, 2.45) is 5.92 Å². The van der Waals surface area contributed by atoms with Crippen LogP contribution in [0.1, 0.15) is 39.2 Å². The molecule has 146 valence electrons. The highest BCUT2D eigenvalue weighted by Crippen LogP contribution is 2.23. The molecule has 2 atom stereocenters. The molecule has 1 heterocycles. The van der Waals surface area contributed by atoms with E-state index in [0.29, 0.717) is 31.2 Å². The van der Waals surface area contributed by atoms with Gasteiger partial charge in [0.15, 0.2) is 6.54 Å². The van der Waals surface area contributed by atoms with Gasteiger partial charge in [-0.2, -0.15) is 4.31 Å². The van der Waals surface area contributed by atoms with Crippen molar-refractivity contribution in [1.82, 2.24) is 4.31 Å². The van der Waals surface area contributed by atoms with E-state index in [4.69, 9.17) is 0 Å². The van der Waals surface area contributed by atoms with Crippen molar-refractivity contribution in [1.29, 1.82) is 0 Å². The zero-order valence-electron chi connectivity index (χ0n) is 16.3. The number of anilines is 1. The molecular weight excluding hydrogens is 350 g/mol. The molecule has 1 aliphatic rings. The SMILES string of the molecule is CCN(CC)S(=O)(=O)c1ccc(C)c(NC(=O)C[NH+]2CCC[C@@H](C)C2)c1. The lowest BCUT2D eigenvalue weighted by molar-refractivity contribution is -0.900. The number of likely N-dealkylation sites (tertiary alicyclic amines) is 1. The number of nitrogens with zero attached hydrogens (tertiary/aromatic N) is 1. The number of nitrogens with one attached hydrogen (secondary N) is 2. The fraction of sp³-hybridized carbons (Fsp3) is 0.632. The lowest BCUT2D eigenvalue weighted by Crippen LogP contribution is -3.14. The Balaban J connectivity index is 2.13. The van der Waals surface area contributed by atoms with Crippen LogP contribution in [0.2, 0.25) is 0 Å². The summed E-state index contributed by atoms with van der Waals surface area (Å²) in [5.41, 5.74) is 1.44. The quantitative estimate of drug-likeness (QED) is 0.746. The molecule has 1 aliphatic heterocycles. The summed E-state index contributed by atoms with van der Waals surface area (Å²) in [6, 6.07) is 4.94. The molecule has 0 saturated carbocycles. The maximum Gasteiger partial charge on any atom is 0.279 e. The molecule has 0 radical (unpaired) electrons. The number of carbonyl (C=O) groups is 1. The van der Waals surface area contributed by atoms with Crippen LogP contribution in [0.3, 0.4) is 0 Å². The fourth-order valence-corrected chi connectivity index (χ4v) is 5.07. The first kappa shape index (κ1) is 20.9. The van der Waals surface area contributed by atoms with Crippen molar-refractivity contribution in [3.63, 3.8) is 0 Å². The summed E-state index contributed by atoms with van der Waals surface area (Å²) in [6.45, 7) is 11.0. The molecule has 26 heavy (non-hydrogen) atoms. The number of quaternary nitrogens is 1. The van der Waals surface area contributed by atoms with Crippen LogP contribution in [-0.4, -0.2) is 51.4 Å². The molecule has 0 aliphatic carbocycles. The van der Waals surface area contributed by atoms with Gasteiger partial charge >= 0.3 is 0 Å². The summed E-state index contributed by atoms with van der Waals surface area (Å²) in [7, 11) is -3.53. The molecule has 2 rings (SSSR count). The smallest absolute Gasteiger partial charge is 0.279 e. The zero-order valence-corrected chi connectivity index (χ0v) is 17.2. The predicted molar refractivity (Wildman–Crippen MR) is 104 cm³/mol. The first-order valence-electron chi connectivity index (χ1n) is 9.52. The average Bonchev–Trinajstić information content (AvgIpc) is 2.57. The van der Waals surface area contributed by atoms with E-state index in [9.17, 15) is 13.2 Å². The summed E-state index contributed by atoms with van der Waals surface area (Å²) in [6.07, 6.45) is 2.38. The summed E-state index contributed by atoms with van der Waals surface area (Å²) in [5.74, 6) is 0.588. The number of rotatable bonds is 7. The standard InChI is InChI=1S/C19H31N3O3S/c1-5-22(6-2)26(24,25)17-10-9-16(4)18(12-17)20-19(23)14-21-11-7-8-15(3)13-21/h9-10,12,15H,5-8,11,13-14H2,1-4H3,(H,20,23)/p+1/t15-/m1/s1. The van der Waals surface area contributed by atoms with Gasteiger partial charge in [-0.15, -0.1) is 0 Å². The van der Waals surface area contributed by atoms with E-state index >= 15 is 0 Å². The third-order valence-corrected chi connectivity index (χ3v) is 7.15. The molecule has 7 heteroatoms. The van der Waals surface area contributed by atoms with E-state index in [-0.39, 0.29) is 10.8 Å². The van der Waals surface area contributed by atoms with Crippen LogP contribution < -0.4 is 10.2 Å². The minimum Gasteiger partial charge on any atom is -0.327 e. The van der Waals surface area contributed by atoms with Gasteiger partial charge < -0.3 is 10.2 Å². The third-order valence-electron chi connectivity index (χ3n) is 5.10. The molecule has 0 aromatic heterocycles. The van der Waals surface area contributed by atoms with E-state index < -0.39 is 10.0 Å². The second kappa shape index (κ2) is 8.97. The summed E-state index contributed by atoms with van der Waals surface area (Å²) in [4.78, 5) is 14.0. The molecule has 1 fully saturated rings. The number of amides is 1. The Bertz CT molecular complexity index is 730. The van der Waals surface area contributed by atoms with Gasteiger partial charge in [-0.25, -0.2) is 8.42 Å². The van der Waals surface area contributed by atoms with Crippen molar-refractivity contribution in [3.05, 3.63) is 23.8 Å². The lowest BCUT2D eigenvalue weighted by atomic mass is 10.0. The summed E-state index contributed by atoms with van der Waals surface area (Å²) < 4.78 is 26.8. The van der Waals surface area contributed by atoms with E-state index in [2.05, 4.69) is 12.2 Å². The normalized spacial score (nSPS) is 21.0. The van der Waals surface area contributed by atoms with E-state index in [0.717, 1.165) is 25.1 Å². The third kappa shape index (κ3) is 5.05. The Morgan fingerprint density at radius 3 is 2.62 bits per heavy atom. The molecule has 1 saturated heterocycles. The van der Waals surface area contributed by atoms with Gasteiger partial charge in [-0.1, -0.05) is 26.8 Å². The van der Waals surface area contributed by atoms with Crippen LogP contribution in [0, 0.1) is 12.8 Å². The Hall–Kier alpha value is -1.44. The van der Waals surface area contributed by atoms with E-state index in [1.807, 2.05) is 20.8 Å². The van der Waals surface area contributed by atoms with Gasteiger partial charge in [-0.3, -0.25) is 4.79 Å². The Labute approximate surface area is 157 Å². The molecule has 0 bridgehead atoms. The fourth-order valence-electron chi connectivity index (χ4n) is 3.59. The second-order valence-electron chi connectivity index (χ2n) is 7.24. The highest BCUT2D eigenvalue weighted by Gasteiger charge is 2.24. The minimum atomic E-state index is -3.53. The van der Waals surface area contributed by atoms with Crippen molar-refractivity contribution >= 4 is 21.6 Å². The minimum absolute atomic E-state index is 0.0606. The van der Waals surface area contributed by atoms with Gasteiger partial charge in [0, 0.05) is 24.7 Å². The summed E-state index contributed by atoms with van der Waals surface area (Å²) >= 11 is 0. The van der Waals surface area contributed by atoms with E-state index in [1.165, 1.54) is 15.6 Å². The zero-order chi connectivity index (χ0) is 19.3. The molecule has 1 aromatic rings. The van der Waals surface area contributed by atoms with Gasteiger partial charge in [-0.05, 0) is 37.5 Å². The Kier molecular flexibility index (Phi) is 7.20. The largest absolute Gasteiger partial charge is 0.327 e. The second-order valence-corrected chi connectivity index (χ2v) is 9.18. The molecule has 1 aromatic carbocycles. The Morgan fingerprint density at radius 2 is 2.00 bits per heavy atom. The maximum atomic E-state index is 12.7. The number of hydrogen-bond acceptors (Lipinski definition) is 3. The van der Waals surface area contributed by atoms with Crippen molar-refractivity contribution in [2.45, 2.75) is 45.4 Å².